The Balaban J connectivity index is 1.93. The molecule has 1 fully saturated rings. The van der Waals surface area contributed by atoms with E-state index in [1.807, 2.05) is 0 Å². The van der Waals surface area contributed by atoms with Crippen LogP contribution in [0.3, 0.4) is 0 Å². The molecule has 0 spiro atoms. The zero-order valence-electron chi connectivity index (χ0n) is 11.5. The van der Waals surface area contributed by atoms with E-state index in [-0.39, 0.29) is 21.8 Å². The lowest BCUT2D eigenvalue weighted by Crippen LogP contribution is -2.29. The van der Waals surface area contributed by atoms with Gasteiger partial charge in [-0.05, 0) is 31.7 Å². The first-order valence-corrected chi connectivity index (χ1v) is 8.62. The molecule has 0 amide bonds. The molecule has 4 N–H and O–H groups in total. The van der Waals surface area contributed by atoms with Crippen LogP contribution in [0.1, 0.15) is 25.7 Å². The third-order valence-electron chi connectivity index (χ3n) is 3.30. The topological polar surface area (TPSA) is 106 Å². The summed E-state index contributed by atoms with van der Waals surface area (Å²) in [6, 6.07) is 1.31. The van der Waals surface area contributed by atoms with Gasteiger partial charge in [0.1, 0.15) is 4.90 Å². The Morgan fingerprint density at radius 3 is 2.90 bits per heavy atom. The summed E-state index contributed by atoms with van der Waals surface area (Å²) in [6.45, 7) is 1.08. The van der Waals surface area contributed by atoms with Crippen LogP contribution in [-0.2, 0) is 14.8 Å². The minimum Gasteiger partial charge on any atom is -0.378 e. The van der Waals surface area contributed by atoms with E-state index in [1.54, 1.807) is 0 Å². The smallest absolute Gasteiger partial charge is 0.242 e. The minimum absolute atomic E-state index is 0.0102. The van der Waals surface area contributed by atoms with Crippen LogP contribution in [0.15, 0.2) is 17.2 Å². The summed E-state index contributed by atoms with van der Waals surface area (Å²) < 4.78 is 32.3. The molecule has 118 valence electrons. The first-order chi connectivity index (χ1) is 10.0. The number of anilines is 1. The lowest BCUT2D eigenvalue weighted by molar-refractivity contribution is 0.0123. The van der Waals surface area contributed by atoms with Crippen molar-refractivity contribution in [2.45, 2.75) is 36.7 Å². The molecule has 0 aromatic carbocycles. The van der Waals surface area contributed by atoms with E-state index in [0.29, 0.717) is 13.0 Å². The van der Waals surface area contributed by atoms with E-state index in [0.717, 1.165) is 25.9 Å². The SMILES string of the molecule is NNc1ncc(S(=O)(=O)NCCC2CCCCO2)cc1Cl. The van der Waals surface area contributed by atoms with Crippen molar-refractivity contribution in [3.8, 4) is 0 Å². The average Bonchev–Trinajstić information content (AvgIpc) is 2.48. The third-order valence-corrected chi connectivity index (χ3v) is 5.01. The van der Waals surface area contributed by atoms with Crippen LogP contribution >= 0.6 is 11.6 Å². The van der Waals surface area contributed by atoms with Gasteiger partial charge in [0.2, 0.25) is 10.0 Å². The molecule has 1 aromatic rings. The number of nitrogens with zero attached hydrogens (tertiary/aromatic N) is 1. The molecule has 0 bridgehead atoms. The molecule has 0 aliphatic carbocycles. The lowest BCUT2D eigenvalue weighted by Gasteiger charge is -2.22. The molecule has 2 rings (SSSR count). The van der Waals surface area contributed by atoms with Crippen molar-refractivity contribution < 1.29 is 13.2 Å². The van der Waals surface area contributed by atoms with Crippen molar-refractivity contribution in [2.75, 3.05) is 18.6 Å². The quantitative estimate of drug-likeness (QED) is 0.534. The minimum atomic E-state index is -3.63. The molecule has 7 nitrogen and oxygen atoms in total. The van der Waals surface area contributed by atoms with E-state index < -0.39 is 10.0 Å². The first-order valence-electron chi connectivity index (χ1n) is 6.76. The molecule has 1 aliphatic heterocycles. The van der Waals surface area contributed by atoms with Crippen LogP contribution in [0.2, 0.25) is 5.02 Å². The molecular weight excluding hydrogens is 316 g/mol. The van der Waals surface area contributed by atoms with Crippen LogP contribution in [-0.4, -0.2) is 32.7 Å². The summed E-state index contributed by atoms with van der Waals surface area (Å²) in [4.78, 5) is 3.86. The molecule has 1 aliphatic rings. The van der Waals surface area contributed by atoms with Gasteiger partial charge in [-0.15, -0.1) is 0 Å². The summed E-state index contributed by atoms with van der Waals surface area (Å²) in [5.41, 5.74) is 2.29. The predicted octanol–water partition coefficient (Wildman–Crippen LogP) is 1.26. The van der Waals surface area contributed by atoms with Gasteiger partial charge in [-0.25, -0.2) is 24.0 Å². The van der Waals surface area contributed by atoms with Gasteiger partial charge < -0.3 is 10.2 Å². The number of nitrogen functional groups attached to an aromatic ring is 1. The molecular formula is C12H19ClN4O3S. The molecule has 2 heterocycles. The Bertz CT molecular complexity index is 576. The molecule has 1 saturated heterocycles. The van der Waals surface area contributed by atoms with Crippen LogP contribution in [0.5, 0.6) is 0 Å². The van der Waals surface area contributed by atoms with Gasteiger partial charge in [-0.2, -0.15) is 0 Å². The van der Waals surface area contributed by atoms with Crippen molar-refractivity contribution in [1.82, 2.24) is 9.71 Å². The Morgan fingerprint density at radius 1 is 1.48 bits per heavy atom. The second kappa shape index (κ2) is 7.37. The number of hydrazine groups is 1. The fraction of sp³-hybridized carbons (Fsp3) is 0.583. The maximum absolute atomic E-state index is 12.1. The van der Waals surface area contributed by atoms with Crippen molar-refractivity contribution in [2.24, 2.45) is 5.84 Å². The largest absolute Gasteiger partial charge is 0.378 e. The van der Waals surface area contributed by atoms with Gasteiger partial charge >= 0.3 is 0 Å². The zero-order chi connectivity index (χ0) is 15.3. The van der Waals surface area contributed by atoms with Crippen molar-refractivity contribution in [3.05, 3.63) is 17.3 Å². The number of aromatic nitrogens is 1. The van der Waals surface area contributed by atoms with Gasteiger partial charge in [0, 0.05) is 19.3 Å². The van der Waals surface area contributed by atoms with Crippen molar-refractivity contribution in [1.29, 1.82) is 0 Å². The summed E-state index contributed by atoms with van der Waals surface area (Å²) in [5, 5.41) is 0.149. The maximum atomic E-state index is 12.1. The predicted molar refractivity (Wildman–Crippen MR) is 80.5 cm³/mol. The summed E-state index contributed by atoms with van der Waals surface area (Å²) in [7, 11) is -3.63. The highest BCUT2D eigenvalue weighted by Crippen LogP contribution is 2.21. The summed E-state index contributed by atoms with van der Waals surface area (Å²) in [5.74, 6) is 5.42. The van der Waals surface area contributed by atoms with Gasteiger partial charge in [-0.1, -0.05) is 11.6 Å². The average molecular weight is 335 g/mol. The van der Waals surface area contributed by atoms with Gasteiger partial charge in [0.25, 0.3) is 0 Å². The fourth-order valence-electron chi connectivity index (χ4n) is 2.15. The van der Waals surface area contributed by atoms with E-state index in [1.165, 1.54) is 12.3 Å². The highest BCUT2D eigenvalue weighted by Gasteiger charge is 2.18. The summed E-state index contributed by atoms with van der Waals surface area (Å²) >= 11 is 5.87. The molecule has 0 saturated carbocycles. The molecule has 9 heteroatoms. The van der Waals surface area contributed by atoms with Gasteiger partial charge in [0.15, 0.2) is 5.82 Å². The molecule has 21 heavy (non-hydrogen) atoms. The van der Waals surface area contributed by atoms with Gasteiger partial charge in [-0.3, -0.25) is 0 Å². The fourth-order valence-corrected chi connectivity index (χ4v) is 3.45. The number of rotatable bonds is 6. The molecule has 1 atom stereocenters. The van der Waals surface area contributed by atoms with Crippen LogP contribution in [0, 0.1) is 0 Å². The second-order valence-electron chi connectivity index (χ2n) is 4.82. The van der Waals surface area contributed by atoms with Crippen LogP contribution in [0.4, 0.5) is 5.82 Å². The Morgan fingerprint density at radius 2 is 2.29 bits per heavy atom. The zero-order valence-corrected chi connectivity index (χ0v) is 13.1. The van der Waals surface area contributed by atoms with E-state index in [4.69, 9.17) is 22.2 Å². The Hall–Kier alpha value is -0.930. The monoisotopic (exact) mass is 334 g/mol. The van der Waals surface area contributed by atoms with E-state index in [2.05, 4.69) is 15.1 Å². The number of nitrogens with one attached hydrogen (secondary N) is 2. The van der Waals surface area contributed by atoms with Crippen LogP contribution < -0.4 is 16.0 Å². The number of hydrogen-bond acceptors (Lipinski definition) is 6. The number of ether oxygens (including phenoxy) is 1. The van der Waals surface area contributed by atoms with Crippen LogP contribution in [0.25, 0.3) is 0 Å². The number of pyridine rings is 1. The number of halogens is 1. The molecule has 0 radical (unpaired) electrons. The number of nitrogens with two attached hydrogens (primary N) is 1. The maximum Gasteiger partial charge on any atom is 0.242 e. The van der Waals surface area contributed by atoms with Gasteiger partial charge in [0.05, 0.1) is 11.1 Å². The Kier molecular flexibility index (Phi) is 5.77. The van der Waals surface area contributed by atoms with E-state index >= 15 is 0 Å². The molecule has 1 unspecified atom stereocenters. The highest BCUT2D eigenvalue weighted by molar-refractivity contribution is 7.89. The number of hydrogen-bond donors (Lipinski definition) is 3. The third kappa shape index (κ3) is 4.52. The molecule has 1 aromatic heterocycles. The normalized spacial score (nSPS) is 19.4. The van der Waals surface area contributed by atoms with E-state index in [9.17, 15) is 8.42 Å². The summed E-state index contributed by atoms with van der Waals surface area (Å²) in [6.07, 6.45) is 5.18. The van der Waals surface area contributed by atoms with Crippen molar-refractivity contribution in [3.63, 3.8) is 0 Å². The standard InChI is InChI=1S/C12H19ClN4O3S/c13-11-7-10(8-15-12(11)17-14)21(18,19)16-5-4-9-3-1-2-6-20-9/h7-9,16H,1-6,14H2,(H,15,17). The van der Waals surface area contributed by atoms with Crippen molar-refractivity contribution >= 4 is 27.4 Å². The highest BCUT2D eigenvalue weighted by atomic mass is 35.5. The number of sulfonamides is 1. The first kappa shape index (κ1) is 16.4. The Labute approximate surface area is 129 Å². The second-order valence-corrected chi connectivity index (χ2v) is 6.99. The lowest BCUT2D eigenvalue weighted by atomic mass is 10.1.